The highest BCUT2D eigenvalue weighted by Crippen LogP contribution is 2.35. The number of pyridine rings is 1. The van der Waals surface area contributed by atoms with Gasteiger partial charge in [-0.2, -0.15) is 0 Å². The fourth-order valence-corrected chi connectivity index (χ4v) is 5.69. The monoisotopic (exact) mass is 459 g/mol. The largest absolute Gasteiger partial charge is 0.336 e. The molecule has 0 radical (unpaired) electrons. The van der Waals surface area contributed by atoms with Crippen LogP contribution in [0.1, 0.15) is 38.8 Å². The highest BCUT2D eigenvalue weighted by Gasteiger charge is 2.37. The summed E-state index contributed by atoms with van der Waals surface area (Å²) in [6.07, 6.45) is 2.75. The van der Waals surface area contributed by atoms with Crippen molar-refractivity contribution in [3.63, 3.8) is 0 Å². The van der Waals surface area contributed by atoms with Crippen molar-refractivity contribution in [1.29, 1.82) is 0 Å². The number of aromatic nitrogens is 1. The Balaban J connectivity index is 1.44. The van der Waals surface area contributed by atoms with Crippen LogP contribution in [0.15, 0.2) is 70.5 Å². The zero-order valence-electron chi connectivity index (χ0n) is 18.4. The van der Waals surface area contributed by atoms with Crippen LogP contribution in [0.2, 0.25) is 0 Å². The summed E-state index contributed by atoms with van der Waals surface area (Å²) in [6, 6.07) is 16.3. The molecule has 33 heavy (non-hydrogen) atoms. The van der Waals surface area contributed by atoms with Crippen molar-refractivity contribution in [3.8, 4) is 0 Å². The van der Waals surface area contributed by atoms with Crippen molar-refractivity contribution >= 4 is 29.2 Å². The van der Waals surface area contributed by atoms with Gasteiger partial charge in [0, 0.05) is 47.8 Å². The summed E-state index contributed by atoms with van der Waals surface area (Å²) in [6.45, 7) is 3.71. The molecule has 3 aromatic rings. The molecule has 6 nitrogen and oxygen atoms in total. The topological polar surface area (TPSA) is 71.4 Å². The van der Waals surface area contributed by atoms with Gasteiger partial charge in [0.2, 0.25) is 0 Å². The van der Waals surface area contributed by atoms with Gasteiger partial charge in [0.1, 0.15) is 5.70 Å². The predicted molar refractivity (Wildman–Crippen MR) is 129 cm³/mol. The first-order valence-corrected chi connectivity index (χ1v) is 12.0. The number of piperidine rings is 1. The Morgan fingerprint density at radius 3 is 2.61 bits per heavy atom. The fraction of sp³-hybridized carbons (Fsp3) is 0.269. The van der Waals surface area contributed by atoms with E-state index in [4.69, 9.17) is 0 Å². The molecular weight excluding hydrogens is 434 g/mol. The third-order valence-corrected chi connectivity index (χ3v) is 7.42. The molecule has 5 rings (SSSR count). The number of carbonyl (C=O) groups is 2. The maximum atomic E-state index is 13.7. The number of rotatable bonds is 4. The lowest BCUT2D eigenvalue weighted by molar-refractivity contribution is -0.130. The van der Waals surface area contributed by atoms with Gasteiger partial charge in [0.25, 0.3) is 17.4 Å². The number of amides is 2. The number of likely N-dealkylation sites (tertiary alicyclic amines) is 1. The number of fused-ring (bicyclic) bond motifs is 4. The molecule has 4 heterocycles. The van der Waals surface area contributed by atoms with E-state index in [1.165, 1.54) is 11.3 Å². The van der Waals surface area contributed by atoms with Crippen LogP contribution in [0.4, 0.5) is 0 Å². The normalized spacial score (nSPS) is 19.7. The van der Waals surface area contributed by atoms with Crippen molar-refractivity contribution in [3.05, 3.63) is 97.7 Å². The number of hydrogen-bond donors (Lipinski definition) is 1. The predicted octanol–water partition coefficient (Wildman–Crippen LogP) is 3.64. The molecule has 168 valence electrons. The van der Waals surface area contributed by atoms with E-state index in [9.17, 15) is 14.4 Å². The summed E-state index contributed by atoms with van der Waals surface area (Å²) >= 11 is 1.54. The van der Waals surface area contributed by atoms with Gasteiger partial charge in [0.15, 0.2) is 0 Å². The molecule has 2 aliphatic rings. The van der Waals surface area contributed by atoms with E-state index < -0.39 is 0 Å². The number of nitrogens with zero attached hydrogens (tertiary/aromatic N) is 2. The second-order valence-electron chi connectivity index (χ2n) is 8.75. The van der Waals surface area contributed by atoms with Crippen LogP contribution in [-0.4, -0.2) is 34.4 Å². The summed E-state index contributed by atoms with van der Waals surface area (Å²) in [5.74, 6) is -0.160. The zero-order chi connectivity index (χ0) is 22.9. The minimum atomic E-state index is -0.307. The van der Waals surface area contributed by atoms with Crippen LogP contribution < -0.4 is 10.9 Å². The van der Waals surface area contributed by atoms with Crippen LogP contribution in [0, 0.1) is 12.8 Å². The summed E-state index contributed by atoms with van der Waals surface area (Å²) in [7, 11) is 0. The van der Waals surface area contributed by atoms with E-state index >= 15 is 0 Å². The second kappa shape index (κ2) is 8.83. The third kappa shape index (κ3) is 4.28. The Bertz CT molecular complexity index is 1290. The maximum absolute atomic E-state index is 13.7. The average molecular weight is 460 g/mol. The molecule has 2 aliphatic heterocycles. The number of nitrogens with one attached hydrogen (secondary N) is 1. The Hall–Kier alpha value is -3.45. The second-order valence-corrected chi connectivity index (χ2v) is 9.70. The van der Waals surface area contributed by atoms with Gasteiger partial charge in [-0.15, -0.1) is 11.3 Å². The van der Waals surface area contributed by atoms with E-state index in [2.05, 4.69) is 5.32 Å². The molecule has 7 heteroatoms. The molecule has 1 saturated heterocycles. The van der Waals surface area contributed by atoms with Gasteiger partial charge in [-0.3, -0.25) is 14.4 Å². The lowest BCUT2D eigenvalue weighted by Gasteiger charge is -2.43. The Morgan fingerprint density at radius 1 is 1.03 bits per heavy atom. The van der Waals surface area contributed by atoms with Gasteiger partial charge in [-0.25, -0.2) is 0 Å². The molecule has 0 unspecified atom stereocenters. The van der Waals surface area contributed by atoms with Crippen molar-refractivity contribution < 1.29 is 9.59 Å². The van der Waals surface area contributed by atoms with E-state index in [0.29, 0.717) is 25.2 Å². The Kier molecular flexibility index (Phi) is 5.72. The van der Waals surface area contributed by atoms with Crippen LogP contribution in [-0.2, 0) is 11.3 Å². The van der Waals surface area contributed by atoms with Crippen LogP contribution in [0.3, 0.4) is 0 Å². The first-order chi connectivity index (χ1) is 16.0. The lowest BCUT2D eigenvalue weighted by atomic mass is 9.83. The van der Waals surface area contributed by atoms with Crippen molar-refractivity contribution in [2.45, 2.75) is 25.8 Å². The van der Waals surface area contributed by atoms with Gasteiger partial charge >= 0.3 is 0 Å². The van der Waals surface area contributed by atoms with E-state index in [-0.39, 0.29) is 34.9 Å². The molecule has 1 N–H and O–H groups in total. The summed E-state index contributed by atoms with van der Waals surface area (Å²) < 4.78 is 1.85. The molecule has 2 atom stereocenters. The lowest BCUT2D eigenvalue weighted by Crippen LogP contribution is -2.50. The molecule has 0 spiro atoms. The minimum Gasteiger partial charge on any atom is -0.336 e. The highest BCUT2D eigenvalue weighted by molar-refractivity contribution is 7.11. The van der Waals surface area contributed by atoms with E-state index in [1.54, 1.807) is 42.5 Å². The van der Waals surface area contributed by atoms with Crippen LogP contribution in [0.25, 0.3) is 6.08 Å². The highest BCUT2D eigenvalue weighted by atomic mass is 32.1. The number of hydrogen-bond acceptors (Lipinski definition) is 4. The first-order valence-electron chi connectivity index (χ1n) is 11.1. The molecule has 1 aromatic carbocycles. The number of thiophene rings is 1. The molecule has 2 aromatic heterocycles. The van der Waals surface area contributed by atoms with Gasteiger partial charge in [-0.05, 0) is 60.5 Å². The third-order valence-electron chi connectivity index (χ3n) is 6.46. The zero-order valence-corrected chi connectivity index (χ0v) is 19.2. The summed E-state index contributed by atoms with van der Waals surface area (Å²) in [4.78, 5) is 41.7. The van der Waals surface area contributed by atoms with Gasteiger partial charge in [-0.1, -0.05) is 24.3 Å². The maximum Gasteiger partial charge on any atom is 0.270 e. The van der Waals surface area contributed by atoms with Crippen molar-refractivity contribution in [1.82, 2.24) is 14.8 Å². The quantitative estimate of drug-likeness (QED) is 0.606. The van der Waals surface area contributed by atoms with Gasteiger partial charge < -0.3 is 14.8 Å². The van der Waals surface area contributed by atoms with Crippen molar-refractivity contribution in [2.75, 3.05) is 13.1 Å². The summed E-state index contributed by atoms with van der Waals surface area (Å²) in [5.41, 5.74) is 2.85. The van der Waals surface area contributed by atoms with E-state index in [0.717, 1.165) is 22.6 Å². The minimum absolute atomic E-state index is 0.0193. The smallest absolute Gasteiger partial charge is 0.270 e. The Labute approximate surface area is 196 Å². The number of aryl methyl sites for hydroxylation is 1. The fourth-order valence-electron chi connectivity index (χ4n) is 4.83. The number of benzene rings is 1. The molecule has 0 aliphatic carbocycles. The van der Waals surface area contributed by atoms with Crippen LogP contribution in [0.5, 0.6) is 0 Å². The first kappa shape index (κ1) is 21.4. The number of carbonyl (C=O) groups excluding carboxylic acids is 2. The Morgan fingerprint density at radius 2 is 1.85 bits per heavy atom. The average Bonchev–Trinajstić information content (AvgIpc) is 3.23. The molecule has 2 amide bonds. The molecule has 1 fully saturated rings. The van der Waals surface area contributed by atoms with E-state index in [1.807, 2.05) is 40.0 Å². The van der Waals surface area contributed by atoms with Gasteiger partial charge in [0.05, 0.1) is 0 Å². The standard InChI is InChI=1S/C26H25N3O3S/c1-17-10-11-33-23(17)13-21(27-25(31)19-6-3-2-4-7-19)26(32)28-14-18-12-20(16-28)22-8-5-9-24(30)29(22)15-18/h2-11,13,18,20H,12,14-16H2,1H3,(H,27,31)/b21-13+/t18-,20-/m1/s1. The molecular formula is C26H25N3O3S. The molecule has 2 bridgehead atoms. The van der Waals surface area contributed by atoms with Crippen LogP contribution >= 0.6 is 11.3 Å². The van der Waals surface area contributed by atoms with Crippen molar-refractivity contribution in [2.24, 2.45) is 5.92 Å². The SMILES string of the molecule is Cc1ccsc1/C=C(/NC(=O)c1ccccc1)C(=O)N1C[C@H]2C[C@H](C1)c1cccc(=O)n1C2. The molecule has 0 saturated carbocycles. The summed E-state index contributed by atoms with van der Waals surface area (Å²) in [5, 5.41) is 4.85.